The maximum absolute atomic E-state index is 13.0. The van der Waals surface area contributed by atoms with Crippen LogP contribution < -0.4 is 20.4 Å². The Bertz CT molecular complexity index is 1200. The van der Waals surface area contributed by atoms with Crippen molar-refractivity contribution in [1.82, 2.24) is 10.7 Å². The van der Waals surface area contributed by atoms with Crippen molar-refractivity contribution in [1.29, 1.82) is 0 Å². The number of carbonyl (C=O) groups excluding carboxylic acids is 2. The van der Waals surface area contributed by atoms with E-state index >= 15 is 0 Å². The number of ether oxygens (including phenoxy) is 1. The summed E-state index contributed by atoms with van der Waals surface area (Å²) in [4.78, 5) is 28.0. The van der Waals surface area contributed by atoms with Crippen LogP contribution in [0.5, 0.6) is 5.75 Å². The summed E-state index contributed by atoms with van der Waals surface area (Å²) in [5.41, 5.74) is 7.44. The largest absolute Gasteiger partial charge is 0.497 e. The molecule has 2 amide bonds. The lowest BCUT2D eigenvalue weighted by molar-refractivity contribution is -0.596. The summed E-state index contributed by atoms with van der Waals surface area (Å²) in [5.74, 6) is 0.0689. The highest BCUT2D eigenvalue weighted by molar-refractivity contribution is 5.98. The van der Waals surface area contributed by atoms with Crippen molar-refractivity contribution in [2.45, 2.75) is 19.0 Å². The van der Waals surface area contributed by atoms with E-state index in [2.05, 4.69) is 10.7 Å². The molecular formula is C27H29N4O3+. The molecule has 0 spiro atoms. The Morgan fingerprint density at radius 3 is 2.24 bits per heavy atom. The van der Waals surface area contributed by atoms with E-state index in [1.54, 1.807) is 36.1 Å². The molecule has 1 saturated heterocycles. The van der Waals surface area contributed by atoms with Gasteiger partial charge in [0, 0.05) is 36.5 Å². The average Bonchev–Trinajstić information content (AvgIpc) is 3.14. The van der Waals surface area contributed by atoms with Crippen LogP contribution in [0.3, 0.4) is 0 Å². The first kappa shape index (κ1) is 23.0. The number of hydrazone groups is 1. The SMILES string of the molecule is COc1ccc(C(=O)N[C@@H]2C(=O)N/[N+](=C\c3ccc(N(C)C)cc3)[C@H]2c2ccc(C)cc2)cc1. The van der Waals surface area contributed by atoms with Gasteiger partial charge in [-0.25, -0.2) is 0 Å². The minimum atomic E-state index is -0.769. The van der Waals surface area contributed by atoms with Gasteiger partial charge in [0.2, 0.25) is 12.3 Å². The number of aryl methyl sites for hydroxylation is 1. The molecule has 0 saturated carbocycles. The lowest BCUT2D eigenvalue weighted by Gasteiger charge is -2.15. The lowest BCUT2D eigenvalue weighted by Crippen LogP contribution is -2.42. The van der Waals surface area contributed by atoms with E-state index < -0.39 is 12.1 Å². The smallest absolute Gasteiger partial charge is 0.304 e. The zero-order chi connectivity index (χ0) is 24.2. The maximum Gasteiger partial charge on any atom is 0.304 e. The fourth-order valence-electron chi connectivity index (χ4n) is 3.93. The van der Waals surface area contributed by atoms with Crippen LogP contribution in [0.2, 0.25) is 0 Å². The van der Waals surface area contributed by atoms with Crippen LogP contribution in [0.25, 0.3) is 0 Å². The predicted molar refractivity (Wildman–Crippen MR) is 133 cm³/mol. The predicted octanol–water partition coefficient (Wildman–Crippen LogP) is 3.09. The summed E-state index contributed by atoms with van der Waals surface area (Å²) < 4.78 is 6.94. The van der Waals surface area contributed by atoms with Crippen LogP contribution in [0.4, 0.5) is 5.69 Å². The molecule has 4 rings (SSSR count). The number of methoxy groups -OCH3 is 1. The van der Waals surface area contributed by atoms with Crippen molar-refractivity contribution in [2.24, 2.45) is 0 Å². The molecule has 0 bridgehead atoms. The summed E-state index contributed by atoms with van der Waals surface area (Å²) in [6.45, 7) is 2.01. The first-order chi connectivity index (χ1) is 16.4. The number of hydrogen-bond acceptors (Lipinski definition) is 4. The zero-order valence-electron chi connectivity index (χ0n) is 19.8. The summed E-state index contributed by atoms with van der Waals surface area (Å²) in [6.07, 6.45) is 1.89. The molecule has 1 heterocycles. The van der Waals surface area contributed by atoms with Crippen molar-refractivity contribution in [3.8, 4) is 5.75 Å². The summed E-state index contributed by atoms with van der Waals surface area (Å²) in [5, 5.41) is 2.93. The van der Waals surface area contributed by atoms with Crippen LogP contribution in [0.1, 0.15) is 33.1 Å². The van der Waals surface area contributed by atoms with Gasteiger partial charge in [0.05, 0.1) is 7.11 Å². The molecule has 3 aromatic rings. The number of nitrogens with one attached hydrogen (secondary N) is 2. The molecule has 7 nitrogen and oxygen atoms in total. The molecule has 7 heteroatoms. The van der Waals surface area contributed by atoms with E-state index in [1.807, 2.05) is 80.7 Å². The first-order valence-electron chi connectivity index (χ1n) is 11.1. The Morgan fingerprint density at radius 2 is 1.65 bits per heavy atom. The van der Waals surface area contributed by atoms with Gasteiger partial charge in [-0.05, 0) is 55.5 Å². The summed E-state index contributed by atoms with van der Waals surface area (Å²) in [7, 11) is 5.55. The molecule has 3 aromatic carbocycles. The van der Waals surface area contributed by atoms with Crippen LogP contribution in [-0.4, -0.2) is 50.0 Å². The monoisotopic (exact) mass is 457 g/mol. The third kappa shape index (κ3) is 4.93. The normalized spacial score (nSPS) is 18.5. The molecule has 1 aliphatic rings. The topological polar surface area (TPSA) is 73.7 Å². The second-order valence-electron chi connectivity index (χ2n) is 8.53. The molecule has 1 fully saturated rings. The van der Waals surface area contributed by atoms with Gasteiger partial charge in [-0.2, -0.15) is 0 Å². The van der Waals surface area contributed by atoms with Crippen molar-refractivity contribution < 1.29 is 19.0 Å². The van der Waals surface area contributed by atoms with Gasteiger partial charge in [0.15, 0.2) is 6.04 Å². The number of carbonyl (C=O) groups is 2. The Morgan fingerprint density at radius 1 is 1.00 bits per heavy atom. The lowest BCUT2D eigenvalue weighted by atomic mass is 9.98. The third-order valence-electron chi connectivity index (χ3n) is 5.89. The van der Waals surface area contributed by atoms with Crippen molar-refractivity contribution in [3.63, 3.8) is 0 Å². The molecule has 0 aromatic heterocycles. The van der Waals surface area contributed by atoms with E-state index in [4.69, 9.17) is 4.74 Å². The quantitative estimate of drug-likeness (QED) is 0.558. The number of anilines is 1. The summed E-state index contributed by atoms with van der Waals surface area (Å²) in [6, 6.07) is 21.6. The van der Waals surface area contributed by atoms with Gasteiger partial charge < -0.3 is 15.0 Å². The molecule has 2 N–H and O–H groups in total. The third-order valence-corrected chi connectivity index (χ3v) is 5.89. The highest BCUT2D eigenvalue weighted by Gasteiger charge is 2.47. The molecule has 2 atom stereocenters. The Balaban J connectivity index is 1.66. The van der Waals surface area contributed by atoms with Gasteiger partial charge in [-0.15, -0.1) is 10.1 Å². The Kier molecular flexibility index (Phi) is 6.63. The molecule has 0 radical (unpaired) electrons. The highest BCUT2D eigenvalue weighted by Crippen LogP contribution is 2.26. The van der Waals surface area contributed by atoms with Crippen molar-refractivity contribution >= 4 is 23.7 Å². The molecule has 1 aliphatic heterocycles. The number of hydrazine groups is 1. The molecule has 34 heavy (non-hydrogen) atoms. The van der Waals surface area contributed by atoms with Crippen LogP contribution in [0, 0.1) is 6.92 Å². The van der Waals surface area contributed by atoms with Crippen LogP contribution in [0.15, 0.2) is 72.8 Å². The number of rotatable bonds is 6. The van der Waals surface area contributed by atoms with E-state index in [0.29, 0.717) is 11.3 Å². The maximum atomic E-state index is 13.0. The number of nitrogens with zero attached hydrogens (tertiary/aromatic N) is 2. The Labute approximate surface area is 199 Å². The number of amides is 2. The fourth-order valence-corrected chi connectivity index (χ4v) is 3.93. The van der Waals surface area contributed by atoms with E-state index in [9.17, 15) is 9.59 Å². The van der Waals surface area contributed by atoms with Crippen LogP contribution in [-0.2, 0) is 4.79 Å². The number of benzene rings is 3. The van der Waals surface area contributed by atoms with Crippen molar-refractivity contribution in [2.75, 3.05) is 26.1 Å². The fraction of sp³-hybridized carbons (Fsp3) is 0.222. The first-order valence-corrected chi connectivity index (χ1v) is 11.1. The van der Waals surface area contributed by atoms with Gasteiger partial charge in [0.25, 0.3) is 5.91 Å². The second kappa shape index (κ2) is 9.79. The van der Waals surface area contributed by atoms with Gasteiger partial charge in [-0.3, -0.25) is 9.59 Å². The highest BCUT2D eigenvalue weighted by atomic mass is 16.5. The van der Waals surface area contributed by atoms with Gasteiger partial charge in [0.1, 0.15) is 5.75 Å². The second-order valence-corrected chi connectivity index (χ2v) is 8.53. The minimum Gasteiger partial charge on any atom is -0.497 e. The van der Waals surface area contributed by atoms with E-state index in [1.165, 1.54) is 0 Å². The van der Waals surface area contributed by atoms with Gasteiger partial charge >= 0.3 is 5.91 Å². The molecule has 0 unspecified atom stereocenters. The standard InChI is InChI=1S/C27H28N4O3/c1-18-5-9-20(10-6-18)25-24(28-26(32)21-11-15-23(34-4)16-12-21)27(33)29-31(25)17-19-7-13-22(14-8-19)30(2)3/h5-17,24-25H,1-4H3,(H-,28,29,32,33)/p+1/t24-,25-/m0/s1. The van der Waals surface area contributed by atoms with Crippen LogP contribution >= 0.6 is 0 Å². The van der Waals surface area contributed by atoms with E-state index in [0.717, 1.165) is 22.4 Å². The summed E-state index contributed by atoms with van der Waals surface area (Å²) >= 11 is 0. The molecule has 174 valence electrons. The number of hydrogen-bond donors (Lipinski definition) is 2. The van der Waals surface area contributed by atoms with Gasteiger partial charge in [-0.1, -0.05) is 29.8 Å². The molecule has 0 aliphatic carbocycles. The molecular weight excluding hydrogens is 428 g/mol. The van der Waals surface area contributed by atoms with Crippen molar-refractivity contribution in [3.05, 3.63) is 95.1 Å². The Hall–Kier alpha value is -4.13. The average molecular weight is 458 g/mol. The minimum absolute atomic E-state index is 0.270. The van der Waals surface area contributed by atoms with E-state index in [-0.39, 0.29) is 11.8 Å². The zero-order valence-corrected chi connectivity index (χ0v) is 19.8.